The molecule has 0 saturated carbocycles. The minimum Gasteiger partial charge on any atom is -0.490 e. The Morgan fingerprint density at radius 3 is 2.50 bits per heavy atom. The van der Waals surface area contributed by atoms with E-state index in [1.54, 1.807) is 13.0 Å². The Morgan fingerprint density at radius 2 is 1.80 bits per heavy atom. The van der Waals surface area contributed by atoms with Crippen molar-refractivity contribution in [3.05, 3.63) is 87.7 Å². The largest absolute Gasteiger partial charge is 0.490 e. The van der Waals surface area contributed by atoms with Crippen molar-refractivity contribution in [2.45, 2.75) is 20.8 Å². The number of nitrogens with one attached hydrogen (secondary N) is 2. The molecule has 2 N–H and O–H groups in total. The number of urea groups is 1. The van der Waals surface area contributed by atoms with E-state index in [-0.39, 0.29) is 41.0 Å². The highest BCUT2D eigenvalue weighted by Gasteiger charge is 2.37. The molecule has 206 valence electrons. The van der Waals surface area contributed by atoms with Crippen molar-refractivity contribution < 1.29 is 33.0 Å². The molecule has 1 aliphatic rings. The first kappa shape index (κ1) is 28.3. The first-order valence-corrected chi connectivity index (χ1v) is 12.6. The Kier molecular flexibility index (Phi) is 8.49. The standard InChI is InChI=1S/C29H25ClFN3O6/c1-4-39-24-14-18(12-21-27(36)33-29(38)34(28(21)37)20-10-8-19(31)9-11-20)13-22(30)26(24)40-15-25(35)32-23-7-5-6-16(2)17(23)3/h5-14H,4,15H2,1-3H3,(H,32,35)(H,33,36,38)/b21-12+. The molecule has 3 aromatic rings. The van der Waals surface area contributed by atoms with E-state index in [9.17, 15) is 23.6 Å². The van der Waals surface area contributed by atoms with E-state index in [2.05, 4.69) is 10.6 Å². The SMILES string of the molecule is CCOc1cc(/C=C2\C(=O)NC(=O)N(c3ccc(F)cc3)C2=O)cc(Cl)c1OCC(=O)Nc1cccc(C)c1C. The summed E-state index contributed by atoms with van der Waals surface area (Å²) >= 11 is 6.46. The van der Waals surface area contributed by atoms with Gasteiger partial charge in [-0.2, -0.15) is 0 Å². The van der Waals surface area contributed by atoms with Crippen LogP contribution in [0.15, 0.2) is 60.2 Å². The van der Waals surface area contributed by atoms with Gasteiger partial charge in [0.15, 0.2) is 18.1 Å². The van der Waals surface area contributed by atoms with Gasteiger partial charge >= 0.3 is 6.03 Å². The Bertz CT molecular complexity index is 1540. The fourth-order valence-electron chi connectivity index (χ4n) is 3.93. The minimum absolute atomic E-state index is 0.0625. The maximum Gasteiger partial charge on any atom is 0.335 e. The van der Waals surface area contributed by atoms with E-state index >= 15 is 0 Å². The second kappa shape index (κ2) is 12.0. The predicted molar refractivity (Wildman–Crippen MR) is 148 cm³/mol. The molecule has 9 nitrogen and oxygen atoms in total. The molecule has 5 amide bonds. The van der Waals surface area contributed by atoms with Crippen LogP contribution in [-0.2, 0) is 14.4 Å². The molecule has 3 aromatic carbocycles. The lowest BCUT2D eigenvalue weighted by Gasteiger charge is -2.26. The summed E-state index contributed by atoms with van der Waals surface area (Å²) in [5.41, 5.74) is 2.65. The van der Waals surface area contributed by atoms with Crippen molar-refractivity contribution in [3.63, 3.8) is 0 Å². The average Bonchev–Trinajstić information content (AvgIpc) is 2.90. The molecular weight excluding hydrogens is 541 g/mol. The van der Waals surface area contributed by atoms with E-state index in [1.807, 2.05) is 26.0 Å². The highest BCUT2D eigenvalue weighted by Crippen LogP contribution is 2.37. The van der Waals surface area contributed by atoms with Crippen molar-refractivity contribution in [2.75, 3.05) is 23.4 Å². The molecule has 0 aromatic heterocycles. The summed E-state index contributed by atoms with van der Waals surface area (Å²) in [4.78, 5) is 51.3. The topological polar surface area (TPSA) is 114 Å². The number of benzene rings is 3. The molecule has 0 unspecified atom stereocenters. The summed E-state index contributed by atoms with van der Waals surface area (Å²) in [6.07, 6.45) is 1.24. The predicted octanol–water partition coefficient (Wildman–Crippen LogP) is 5.18. The van der Waals surface area contributed by atoms with Gasteiger partial charge in [0.2, 0.25) is 0 Å². The van der Waals surface area contributed by atoms with Crippen LogP contribution < -0.4 is 25.0 Å². The third kappa shape index (κ3) is 6.13. The molecule has 4 rings (SSSR count). The molecule has 1 heterocycles. The lowest BCUT2D eigenvalue weighted by Crippen LogP contribution is -2.54. The number of carbonyl (C=O) groups excluding carboxylic acids is 4. The van der Waals surface area contributed by atoms with Gasteiger partial charge in [0.1, 0.15) is 11.4 Å². The number of hydrogen-bond donors (Lipinski definition) is 2. The normalized spacial score (nSPS) is 14.3. The summed E-state index contributed by atoms with van der Waals surface area (Å²) in [5.74, 6) is -2.50. The first-order valence-electron chi connectivity index (χ1n) is 12.2. The molecule has 0 aliphatic carbocycles. The lowest BCUT2D eigenvalue weighted by molar-refractivity contribution is -0.122. The Balaban J connectivity index is 1.58. The van der Waals surface area contributed by atoms with Crippen molar-refractivity contribution >= 4 is 52.8 Å². The van der Waals surface area contributed by atoms with Gasteiger partial charge in [0.25, 0.3) is 17.7 Å². The van der Waals surface area contributed by atoms with Crippen LogP contribution in [0.2, 0.25) is 5.02 Å². The van der Waals surface area contributed by atoms with Crippen molar-refractivity contribution in [3.8, 4) is 11.5 Å². The van der Waals surface area contributed by atoms with Gasteiger partial charge in [0.05, 0.1) is 17.3 Å². The number of ether oxygens (including phenoxy) is 2. The summed E-state index contributed by atoms with van der Waals surface area (Å²) < 4.78 is 24.7. The first-order chi connectivity index (χ1) is 19.1. The van der Waals surface area contributed by atoms with Gasteiger partial charge in [-0.15, -0.1) is 0 Å². The van der Waals surface area contributed by atoms with E-state index in [0.717, 1.165) is 28.2 Å². The van der Waals surface area contributed by atoms with Gasteiger partial charge in [-0.25, -0.2) is 14.1 Å². The van der Waals surface area contributed by atoms with Gasteiger partial charge < -0.3 is 14.8 Å². The summed E-state index contributed by atoms with van der Waals surface area (Å²) in [5, 5.41) is 4.96. The Labute approximate surface area is 234 Å². The molecular formula is C29H25ClFN3O6. The summed E-state index contributed by atoms with van der Waals surface area (Å²) in [6, 6.07) is 12.2. The monoisotopic (exact) mass is 565 g/mol. The van der Waals surface area contributed by atoms with E-state index in [1.165, 1.54) is 30.3 Å². The van der Waals surface area contributed by atoms with Crippen LogP contribution in [0.4, 0.5) is 20.6 Å². The molecule has 0 atom stereocenters. The third-order valence-corrected chi connectivity index (χ3v) is 6.34. The lowest BCUT2D eigenvalue weighted by atomic mass is 10.1. The molecule has 1 aliphatic heterocycles. The minimum atomic E-state index is -0.963. The average molecular weight is 566 g/mol. The van der Waals surface area contributed by atoms with Crippen molar-refractivity contribution in [1.82, 2.24) is 5.32 Å². The molecule has 1 fully saturated rings. The number of halogens is 2. The number of anilines is 2. The fraction of sp³-hybridized carbons (Fsp3) is 0.172. The second-order valence-electron chi connectivity index (χ2n) is 8.78. The van der Waals surface area contributed by atoms with Crippen LogP contribution in [0.25, 0.3) is 6.08 Å². The number of aryl methyl sites for hydroxylation is 1. The zero-order chi connectivity index (χ0) is 29.0. The number of nitrogens with zero attached hydrogens (tertiary/aromatic N) is 1. The van der Waals surface area contributed by atoms with Crippen LogP contribution in [0.1, 0.15) is 23.6 Å². The maximum absolute atomic E-state index is 13.3. The van der Waals surface area contributed by atoms with Gasteiger partial charge in [0, 0.05) is 5.69 Å². The molecule has 0 radical (unpaired) electrons. The summed E-state index contributed by atoms with van der Waals surface area (Å²) in [6.45, 7) is 5.45. The van der Waals surface area contributed by atoms with E-state index < -0.39 is 29.6 Å². The highest BCUT2D eigenvalue weighted by molar-refractivity contribution is 6.39. The second-order valence-corrected chi connectivity index (χ2v) is 9.19. The molecule has 1 saturated heterocycles. The zero-order valence-corrected chi connectivity index (χ0v) is 22.6. The highest BCUT2D eigenvalue weighted by atomic mass is 35.5. The van der Waals surface area contributed by atoms with Crippen LogP contribution in [-0.4, -0.2) is 37.0 Å². The van der Waals surface area contributed by atoms with E-state index in [4.69, 9.17) is 21.1 Å². The Morgan fingerprint density at radius 1 is 1.07 bits per heavy atom. The molecule has 40 heavy (non-hydrogen) atoms. The number of carbonyl (C=O) groups is 4. The van der Waals surface area contributed by atoms with E-state index in [0.29, 0.717) is 11.3 Å². The van der Waals surface area contributed by atoms with Gasteiger partial charge in [-0.3, -0.25) is 19.7 Å². The van der Waals surface area contributed by atoms with Gasteiger partial charge in [-0.1, -0.05) is 23.7 Å². The van der Waals surface area contributed by atoms with Crippen molar-refractivity contribution in [2.24, 2.45) is 0 Å². The van der Waals surface area contributed by atoms with Gasteiger partial charge in [-0.05, 0) is 86.0 Å². The van der Waals surface area contributed by atoms with Crippen LogP contribution in [0.3, 0.4) is 0 Å². The summed E-state index contributed by atoms with van der Waals surface area (Å²) in [7, 11) is 0. The van der Waals surface area contributed by atoms with Crippen LogP contribution >= 0.6 is 11.6 Å². The Hall–Kier alpha value is -4.70. The maximum atomic E-state index is 13.3. The zero-order valence-electron chi connectivity index (χ0n) is 21.8. The smallest absolute Gasteiger partial charge is 0.335 e. The number of amides is 5. The quantitative estimate of drug-likeness (QED) is 0.287. The van der Waals surface area contributed by atoms with Crippen LogP contribution in [0.5, 0.6) is 11.5 Å². The molecule has 0 spiro atoms. The van der Waals surface area contributed by atoms with Crippen LogP contribution in [0, 0.1) is 19.7 Å². The molecule has 0 bridgehead atoms. The molecule has 11 heteroatoms. The number of hydrogen-bond acceptors (Lipinski definition) is 6. The third-order valence-electron chi connectivity index (χ3n) is 6.06. The number of imide groups is 2. The fourth-order valence-corrected chi connectivity index (χ4v) is 4.21. The number of rotatable bonds is 8. The number of barbiturate groups is 1. The van der Waals surface area contributed by atoms with Crippen molar-refractivity contribution in [1.29, 1.82) is 0 Å².